The molecule has 0 aromatic carbocycles. The summed E-state index contributed by atoms with van der Waals surface area (Å²) >= 11 is 0. The minimum Gasteiger partial charge on any atom is -0.312 e. The van der Waals surface area contributed by atoms with Crippen molar-refractivity contribution in [1.29, 1.82) is 0 Å². The summed E-state index contributed by atoms with van der Waals surface area (Å²) < 4.78 is 0. The average molecular weight is 224 g/mol. The standard InChI is InChI=1S/C14H28N2/c1-2-14(10-7-11-16-14)12-15-13-8-5-3-4-6-9-13/h13,15-16H,2-12H2,1H3. The Balaban J connectivity index is 1.76. The quantitative estimate of drug-likeness (QED) is 0.718. The van der Waals surface area contributed by atoms with Crippen LogP contribution in [0.1, 0.15) is 64.7 Å². The van der Waals surface area contributed by atoms with Gasteiger partial charge >= 0.3 is 0 Å². The zero-order valence-electron chi connectivity index (χ0n) is 10.9. The predicted octanol–water partition coefficient (Wildman–Crippen LogP) is 2.83. The highest BCUT2D eigenvalue weighted by Gasteiger charge is 2.31. The van der Waals surface area contributed by atoms with Crippen LogP contribution in [0.2, 0.25) is 0 Å². The van der Waals surface area contributed by atoms with Gasteiger partial charge in [0.15, 0.2) is 0 Å². The SMILES string of the molecule is CCC1(CNC2CCCCCC2)CCCN1. The summed E-state index contributed by atoms with van der Waals surface area (Å²) in [7, 11) is 0. The van der Waals surface area contributed by atoms with E-state index in [9.17, 15) is 0 Å². The summed E-state index contributed by atoms with van der Waals surface area (Å²) in [5.41, 5.74) is 0.423. The van der Waals surface area contributed by atoms with E-state index in [1.807, 2.05) is 0 Å². The molecule has 0 aromatic rings. The lowest BCUT2D eigenvalue weighted by Crippen LogP contribution is -2.50. The van der Waals surface area contributed by atoms with Gasteiger partial charge in [-0.3, -0.25) is 0 Å². The molecule has 2 heteroatoms. The molecule has 0 radical (unpaired) electrons. The molecule has 2 fully saturated rings. The van der Waals surface area contributed by atoms with E-state index in [1.54, 1.807) is 0 Å². The van der Waals surface area contributed by atoms with E-state index in [1.165, 1.54) is 70.9 Å². The average Bonchev–Trinajstić information content (AvgIpc) is 2.63. The molecule has 2 nitrogen and oxygen atoms in total. The van der Waals surface area contributed by atoms with Crippen LogP contribution in [0.4, 0.5) is 0 Å². The van der Waals surface area contributed by atoms with Crippen LogP contribution in [0.5, 0.6) is 0 Å². The Labute approximate surface area is 101 Å². The maximum atomic E-state index is 3.83. The molecule has 94 valence electrons. The molecule has 1 heterocycles. The van der Waals surface area contributed by atoms with Gasteiger partial charge in [0, 0.05) is 18.1 Å². The molecule has 16 heavy (non-hydrogen) atoms. The van der Waals surface area contributed by atoms with Crippen LogP contribution in [-0.2, 0) is 0 Å². The summed E-state index contributed by atoms with van der Waals surface area (Å²) in [4.78, 5) is 0. The second-order valence-electron chi connectivity index (χ2n) is 5.73. The van der Waals surface area contributed by atoms with Crippen molar-refractivity contribution in [3.8, 4) is 0 Å². The zero-order valence-corrected chi connectivity index (χ0v) is 10.9. The summed E-state index contributed by atoms with van der Waals surface area (Å²) in [6, 6.07) is 0.799. The number of hydrogen-bond acceptors (Lipinski definition) is 2. The fourth-order valence-electron chi connectivity index (χ4n) is 3.27. The van der Waals surface area contributed by atoms with Gasteiger partial charge in [0.25, 0.3) is 0 Å². The van der Waals surface area contributed by atoms with Crippen molar-refractivity contribution in [3.05, 3.63) is 0 Å². The van der Waals surface area contributed by atoms with E-state index in [2.05, 4.69) is 17.6 Å². The van der Waals surface area contributed by atoms with Crippen LogP contribution >= 0.6 is 0 Å². The predicted molar refractivity (Wildman–Crippen MR) is 69.8 cm³/mol. The number of nitrogens with one attached hydrogen (secondary N) is 2. The van der Waals surface area contributed by atoms with E-state index in [4.69, 9.17) is 0 Å². The topological polar surface area (TPSA) is 24.1 Å². The molecule has 1 aliphatic heterocycles. The molecular weight excluding hydrogens is 196 g/mol. The molecule has 2 N–H and O–H groups in total. The van der Waals surface area contributed by atoms with Gasteiger partial charge in [-0.15, -0.1) is 0 Å². The van der Waals surface area contributed by atoms with Crippen molar-refractivity contribution in [1.82, 2.24) is 10.6 Å². The first-order chi connectivity index (χ1) is 7.85. The van der Waals surface area contributed by atoms with Crippen molar-refractivity contribution < 1.29 is 0 Å². The molecule has 2 rings (SSSR count). The molecule has 0 amide bonds. The Morgan fingerprint density at radius 3 is 2.44 bits per heavy atom. The van der Waals surface area contributed by atoms with Crippen molar-refractivity contribution in [2.75, 3.05) is 13.1 Å². The summed E-state index contributed by atoms with van der Waals surface area (Å²) in [6.45, 7) is 4.74. The first-order valence-electron chi connectivity index (χ1n) is 7.33. The highest BCUT2D eigenvalue weighted by molar-refractivity contribution is 4.94. The highest BCUT2D eigenvalue weighted by atomic mass is 15.1. The fraction of sp³-hybridized carbons (Fsp3) is 1.00. The van der Waals surface area contributed by atoms with Crippen molar-refractivity contribution in [3.63, 3.8) is 0 Å². The summed E-state index contributed by atoms with van der Waals surface area (Å²) in [6.07, 6.45) is 12.6. The minimum atomic E-state index is 0.423. The van der Waals surface area contributed by atoms with E-state index < -0.39 is 0 Å². The van der Waals surface area contributed by atoms with Gasteiger partial charge < -0.3 is 10.6 Å². The van der Waals surface area contributed by atoms with E-state index in [0.29, 0.717) is 5.54 Å². The molecule has 0 bridgehead atoms. The Bertz CT molecular complexity index is 189. The second-order valence-corrected chi connectivity index (χ2v) is 5.73. The Morgan fingerprint density at radius 2 is 1.88 bits per heavy atom. The van der Waals surface area contributed by atoms with E-state index in [-0.39, 0.29) is 0 Å². The summed E-state index contributed by atoms with van der Waals surface area (Å²) in [5.74, 6) is 0. The van der Waals surface area contributed by atoms with Gasteiger partial charge in [-0.05, 0) is 38.6 Å². The van der Waals surface area contributed by atoms with Crippen LogP contribution in [0, 0.1) is 0 Å². The van der Waals surface area contributed by atoms with Crippen molar-refractivity contribution in [2.45, 2.75) is 76.3 Å². The van der Waals surface area contributed by atoms with Gasteiger partial charge in [0.1, 0.15) is 0 Å². The van der Waals surface area contributed by atoms with E-state index in [0.717, 1.165) is 6.04 Å². The largest absolute Gasteiger partial charge is 0.312 e. The Morgan fingerprint density at radius 1 is 1.12 bits per heavy atom. The number of hydrogen-bond donors (Lipinski definition) is 2. The second kappa shape index (κ2) is 6.02. The molecule has 2 aliphatic rings. The first-order valence-corrected chi connectivity index (χ1v) is 7.33. The number of rotatable bonds is 4. The van der Waals surface area contributed by atoms with Gasteiger partial charge in [-0.25, -0.2) is 0 Å². The lowest BCUT2D eigenvalue weighted by atomic mass is 9.93. The van der Waals surface area contributed by atoms with Crippen molar-refractivity contribution in [2.24, 2.45) is 0 Å². The third-order valence-corrected chi connectivity index (χ3v) is 4.59. The molecular formula is C14H28N2. The van der Waals surface area contributed by atoms with Crippen LogP contribution in [0.15, 0.2) is 0 Å². The maximum absolute atomic E-state index is 3.83. The molecule has 1 aliphatic carbocycles. The highest BCUT2D eigenvalue weighted by Crippen LogP contribution is 2.23. The first kappa shape index (κ1) is 12.4. The Hall–Kier alpha value is -0.0800. The molecule has 0 aromatic heterocycles. The van der Waals surface area contributed by atoms with Gasteiger partial charge in [-0.1, -0.05) is 32.6 Å². The van der Waals surface area contributed by atoms with Crippen LogP contribution in [0.25, 0.3) is 0 Å². The van der Waals surface area contributed by atoms with Gasteiger partial charge in [-0.2, -0.15) is 0 Å². The molecule has 1 saturated heterocycles. The Kier molecular flexibility index (Phi) is 4.66. The summed E-state index contributed by atoms with van der Waals surface area (Å²) in [5, 5.41) is 7.55. The lowest BCUT2D eigenvalue weighted by molar-refractivity contribution is 0.312. The lowest BCUT2D eigenvalue weighted by Gasteiger charge is -2.31. The zero-order chi connectivity index (χ0) is 11.3. The smallest absolute Gasteiger partial charge is 0.0304 e. The van der Waals surface area contributed by atoms with Gasteiger partial charge in [0.2, 0.25) is 0 Å². The fourth-order valence-corrected chi connectivity index (χ4v) is 3.27. The minimum absolute atomic E-state index is 0.423. The van der Waals surface area contributed by atoms with Crippen LogP contribution in [0.3, 0.4) is 0 Å². The third-order valence-electron chi connectivity index (χ3n) is 4.59. The normalized spacial score (nSPS) is 32.8. The van der Waals surface area contributed by atoms with Crippen LogP contribution in [-0.4, -0.2) is 24.7 Å². The molecule has 0 spiro atoms. The van der Waals surface area contributed by atoms with Gasteiger partial charge in [0.05, 0.1) is 0 Å². The third kappa shape index (κ3) is 3.21. The van der Waals surface area contributed by atoms with Crippen molar-refractivity contribution >= 4 is 0 Å². The van der Waals surface area contributed by atoms with Crippen LogP contribution < -0.4 is 10.6 Å². The molecule has 1 unspecified atom stereocenters. The molecule has 1 saturated carbocycles. The van der Waals surface area contributed by atoms with E-state index >= 15 is 0 Å². The monoisotopic (exact) mass is 224 g/mol. The molecule has 1 atom stereocenters. The maximum Gasteiger partial charge on any atom is 0.0304 e.